The number of Topliss-reactive ketones (excluding diaryl/α,β-unsaturated/α-hetero) is 1. The van der Waals surface area contributed by atoms with Crippen molar-refractivity contribution < 1.29 is 19.2 Å². The maximum absolute atomic E-state index is 11.0. The molecule has 1 rings (SSSR count). The molecule has 1 aromatic carbocycles. The second kappa shape index (κ2) is 6.29. The highest BCUT2D eigenvalue weighted by Crippen LogP contribution is 2.12. The van der Waals surface area contributed by atoms with Crippen LogP contribution in [0.5, 0.6) is 0 Å². The van der Waals surface area contributed by atoms with Crippen LogP contribution in [0.25, 0.3) is 6.08 Å². The number of ketones is 1. The molecule has 0 radical (unpaired) electrons. The standard InChI is InChI=1S/C12H11NO5/c1-9(14)8-12(15)18-7-6-10-2-4-11(5-3-10)13(16)17/h2-7H,8H2,1H3/b7-6+. The highest BCUT2D eigenvalue weighted by atomic mass is 16.6. The normalized spacial score (nSPS) is 10.3. The lowest BCUT2D eigenvalue weighted by Crippen LogP contribution is -2.04. The number of carbonyl (C=O) groups is 2. The van der Waals surface area contributed by atoms with E-state index < -0.39 is 10.9 Å². The first kappa shape index (κ1) is 13.6. The fourth-order valence-corrected chi connectivity index (χ4v) is 1.14. The summed E-state index contributed by atoms with van der Waals surface area (Å²) in [5.74, 6) is -0.913. The number of non-ortho nitro benzene ring substituents is 1. The van der Waals surface area contributed by atoms with Gasteiger partial charge in [-0.2, -0.15) is 0 Å². The van der Waals surface area contributed by atoms with Gasteiger partial charge in [0.1, 0.15) is 12.2 Å². The van der Waals surface area contributed by atoms with Crippen LogP contribution >= 0.6 is 0 Å². The Labute approximate surface area is 103 Å². The summed E-state index contributed by atoms with van der Waals surface area (Å²) in [7, 11) is 0. The minimum Gasteiger partial charge on any atom is -0.434 e. The van der Waals surface area contributed by atoms with E-state index in [0.717, 1.165) is 6.26 Å². The van der Waals surface area contributed by atoms with Gasteiger partial charge < -0.3 is 4.74 Å². The molecule has 0 N–H and O–H groups in total. The molecule has 18 heavy (non-hydrogen) atoms. The van der Waals surface area contributed by atoms with Crippen molar-refractivity contribution in [1.82, 2.24) is 0 Å². The topological polar surface area (TPSA) is 86.5 Å². The number of benzene rings is 1. The molecule has 1 aromatic rings. The third-order valence-corrected chi connectivity index (χ3v) is 1.96. The maximum Gasteiger partial charge on any atom is 0.318 e. The van der Waals surface area contributed by atoms with Crippen LogP contribution in [0.15, 0.2) is 30.5 Å². The van der Waals surface area contributed by atoms with Crippen molar-refractivity contribution in [2.24, 2.45) is 0 Å². The van der Waals surface area contributed by atoms with Crippen LogP contribution in [0.3, 0.4) is 0 Å². The number of rotatable bonds is 5. The summed E-state index contributed by atoms with van der Waals surface area (Å²) < 4.78 is 4.66. The first-order valence-electron chi connectivity index (χ1n) is 5.09. The summed E-state index contributed by atoms with van der Waals surface area (Å²) in [6.07, 6.45) is 2.35. The molecule has 0 aliphatic heterocycles. The van der Waals surface area contributed by atoms with E-state index in [-0.39, 0.29) is 17.9 Å². The summed E-state index contributed by atoms with van der Waals surface area (Å²) in [4.78, 5) is 31.5. The first-order chi connectivity index (χ1) is 8.49. The SMILES string of the molecule is CC(=O)CC(=O)O/C=C/c1ccc([N+](=O)[O-])cc1. The molecule has 0 amide bonds. The van der Waals surface area contributed by atoms with Crippen LogP contribution in [0.1, 0.15) is 18.9 Å². The highest BCUT2D eigenvalue weighted by molar-refractivity contribution is 5.94. The zero-order valence-corrected chi connectivity index (χ0v) is 9.66. The van der Waals surface area contributed by atoms with E-state index in [1.165, 1.54) is 37.3 Å². The molecular weight excluding hydrogens is 238 g/mol. The van der Waals surface area contributed by atoms with E-state index in [2.05, 4.69) is 4.74 Å². The van der Waals surface area contributed by atoms with E-state index in [1.807, 2.05) is 0 Å². The van der Waals surface area contributed by atoms with E-state index in [4.69, 9.17) is 0 Å². The van der Waals surface area contributed by atoms with E-state index in [1.54, 1.807) is 0 Å². The Balaban J connectivity index is 2.54. The van der Waals surface area contributed by atoms with Gasteiger partial charge in [-0.15, -0.1) is 0 Å². The average molecular weight is 249 g/mol. The Kier molecular flexibility index (Phi) is 4.74. The molecular formula is C12H11NO5. The van der Waals surface area contributed by atoms with Crippen LogP contribution in [0.4, 0.5) is 5.69 Å². The van der Waals surface area contributed by atoms with Crippen molar-refractivity contribution in [2.75, 3.05) is 0 Å². The molecule has 0 bridgehead atoms. The lowest BCUT2D eigenvalue weighted by Gasteiger charge is -1.96. The molecule has 0 fully saturated rings. The van der Waals surface area contributed by atoms with Crippen molar-refractivity contribution in [1.29, 1.82) is 0 Å². The van der Waals surface area contributed by atoms with Gasteiger partial charge in [0.25, 0.3) is 5.69 Å². The van der Waals surface area contributed by atoms with Gasteiger partial charge in [-0.3, -0.25) is 19.7 Å². The molecule has 0 aromatic heterocycles. The number of ether oxygens (including phenoxy) is 1. The second-order valence-electron chi connectivity index (χ2n) is 3.52. The van der Waals surface area contributed by atoms with E-state index in [0.29, 0.717) is 5.56 Å². The molecule has 0 aliphatic carbocycles. The zero-order chi connectivity index (χ0) is 13.5. The quantitative estimate of drug-likeness (QED) is 0.262. The summed E-state index contributed by atoms with van der Waals surface area (Å²) >= 11 is 0. The Morgan fingerprint density at radius 1 is 1.33 bits per heavy atom. The number of carbonyl (C=O) groups excluding carboxylic acids is 2. The number of esters is 1. The molecule has 0 heterocycles. The molecule has 0 aliphatic rings. The number of nitrogens with zero attached hydrogens (tertiary/aromatic N) is 1. The zero-order valence-electron chi connectivity index (χ0n) is 9.66. The minimum absolute atomic E-state index is 0.0132. The Morgan fingerprint density at radius 2 is 1.94 bits per heavy atom. The molecule has 0 saturated carbocycles. The summed E-state index contributed by atoms with van der Waals surface area (Å²) in [6, 6.07) is 5.73. The van der Waals surface area contributed by atoms with Crippen LogP contribution in [-0.2, 0) is 14.3 Å². The van der Waals surface area contributed by atoms with Crippen molar-refractivity contribution in [3.8, 4) is 0 Å². The van der Waals surface area contributed by atoms with Gasteiger partial charge >= 0.3 is 5.97 Å². The largest absolute Gasteiger partial charge is 0.434 e. The van der Waals surface area contributed by atoms with Gasteiger partial charge in [-0.05, 0) is 30.7 Å². The van der Waals surface area contributed by atoms with E-state index >= 15 is 0 Å². The fourth-order valence-electron chi connectivity index (χ4n) is 1.14. The minimum atomic E-state index is -0.638. The van der Waals surface area contributed by atoms with Gasteiger partial charge in [-0.1, -0.05) is 0 Å². The van der Waals surface area contributed by atoms with E-state index in [9.17, 15) is 19.7 Å². The van der Waals surface area contributed by atoms with Crippen LogP contribution < -0.4 is 0 Å². The predicted molar refractivity (Wildman–Crippen MR) is 63.5 cm³/mol. The lowest BCUT2D eigenvalue weighted by atomic mass is 10.2. The third-order valence-electron chi connectivity index (χ3n) is 1.96. The van der Waals surface area contributed by atoms with Gasteiger partial charge in [0.15, 0.2) is 0 Å². The lowest BCUT2D eigenvalue weighted by molar-refractivity contribution is -0.384. The summed E-state index contributed by atoms with van der Waals surface area (Å²) in [5, 5.41) is 10.4. The molecule has 6 nitrogen and oxygen atoms in total. The number of nitro benzene ring substituents is 1. The number of hydrogen-bond donors (Lipinski definition) is 0. The Morgan fingerprint density at radius 3 is 2.44 bits per heavy atom. The molecule has 6 heteroatoms. The Bertz CT molecular complexity index is 490. The maximum atomic E-state index is 11.0. The molecule has 0 saturated heterocycles. The molecule has 0 spiro atoms. The number of nitro groups is 1. The van der Waals surface area contributed by atoms with Crippen molar-refractivity contribution in [3.05, 3.63) is 46.2 Å². The smallest absolute Gasteiger partial charge is 0.318 e. The van der Waals surface area contributed by atoms with Crippen LogP contribution in [0, 0.1) is 10.1 Å². The van der Waals surface area contributed by atoms with Crippen molar-refractivity contribution in [2.45, 2.75) is 13.3 Å². The van der Waals surface area contributed by atoms with Crippen LogP contribution in [0.2, 0.25) is 0 Å². The number of hydrogen-bond acceptors (Lipinski definition) is 5. The molecule has 0 atom stereocenters. The van der Waals surface area contributed by atoms with Crippen molar-refractivity contribution >= 4 is 23.5 Å². The van der Waals surface area contributed by atoms with Gasteiger partial charge in [0.05, 0.1) is 11.2 Å². The summed E-state index contributed by atoms with van der Waals surface area (Å²) in [6.45, 7) is 1.29. The van der Waals surface area contributed by atoms with Gasteiger partial charge in [0.2, 0.25) is 0 Å². The highest BCUT2D eigenvalue weighted by Gasteiger charge is 2.04. The Hall–Kier alpha value is -2.50. The van der Waals surface area contributed by atoms with Crippen LogP contribution in [-0.4, -0.2) is 16.7 Å². The van der Waals surface area contributed by atoms with Crippen molar-refractivity contribution in [3.63, 3.8) is 0 Å². The molecule has 0 unspecified atom stereocenters. The van der Waals surface area contributed by atoms with Gasteiger partial charge in [-0.25, -0.2) is 0 Å². The average Bonchev–Trinajstić information content (AvgIpc) is 2.28. The second-order valence-corrected chi connectivity index (χ2v) is 3.52. The predicted octanol–water partition coefficient (Wildman–Crippen LogP) is 2.09. The monoisotopic (exact) mass is 249 g/mol. The third kappa shape index (κ3) is 4.56. The summed E-state index contributed by atoms with van der Waals surface area (Å²) in [5.41, 5.74) is 0.636. The van der Waals surface area contributed by atoms with Gasteiger partial charge in [0, 0.05) is 12.1 Å². The molecule has 94 valence electrons. The fraction of sp³-hybridized carbons (Fsp3) is 0.167. The first-order valence-corrected chi connectivity index (χ1v) is 5.09.